The molecule has 2 aromatic carbocycles. The number of benzene rings is 2. The first-order valence-electron chi connectivity index (χ1n) is 8.04. The lowest BCUT2D eigenvalue weighted by atomic mass is 10.1. The Morgan fingerprint density at radius 3 is 2.42 bits per heavy atom. The molecule has 0 unspecified atom stereocenters. The molecule has 0 aliphatic heterocycles. The van der Waals surface area contributed by atoms with Crippen LogP contribution in [0.2, 0.25) is 0 Å². The van der Waals surface area contributed by atoms with Gasteiger partial charge in [-0.3, -0.25) is 0 Å². The molecule has 2 amide bonds. The molecule has 6 nitrogen and oxygen atoms in total. The molecule has 26 heavy (non-hydrogen) atoms. The Kier molecular flexibility index (Phi) is 5.38. The highest BCUT2D eigenvalue weighted by Gasteiger charge is 2.05. The number of halogens is 1. The molecule has 1 heterocycles. The van der Waals surface area contributed by atoms with E-state index in [1.165, 1.54) is 18.2 Å². The van der Waals surface area contributed by atoms with Gasteiger partial charge in [-0.25, -0.2) is 9.18 Å². The molecule has 0 bridgehead atoms. The molecule has 0 spiro atoms. The zero-order chi connectivity index (χ0) is 18.4. The minimum absolute atomic E-state index is 0.379. The molecule has 3 rings (SSSR count). The number of hydrogen-bond acceptors (Lipinski definition) is 4. The van der Waals surface area contributed by atoms with E-state index >= 15 is 0 Å². The Hall–Kier alpha value is -3.48. The number of hydrogen-bond donors (Lipinski definition) is 2. The van der Waals surface area contributed by atoms with Crippen molar-refractivity contribution in [2.75, 3.05) is 17.2 Å². The van der Waals surface area contributed by atoms with Gasteiger partial charge in [-0.15, -0.1) is 10.2 Å². The third-order valence-electron chi connectivity index (χ3n) is 3.45. The quantitative estimate of drug-likeness (QED) is 0.717. The molecule has 0 saturated carbocycles. The van der Waals surface area contributed by atoms with Gasteiger partial charge in [0.2, 0.25) is 5.88 Å². The fraction of sp³-hybridized carbons (Fsp3) is 0.105. The van der Waals surface area contributed by atoms with E-state index in [1.807, 2.05) is 25.1 Å². The van der Waals surface area contributed by atoms with Gasteiger partial charge in [-0.2, -0.15) is 0 Å². The van der Waals surface area contributed by atoms with E-state index in [0.717, 1.165) is 5.56 Å². The first kappa shape index (κ1) is 17.3. The summed E-state index contributed by atoms with van der Waals surface area (Å²) in [6, 6.07) is 15.9. The lowest BCUT2D eigenvalue weighted by molar-refractivity contribution is 0.262. The third-order valence-corrected chi connectivity index (χ3v) is 3.45. The number of aromatic nitrogens is 2. The predicted octanol–water partition coefficient (Wildman–Crippen LogP) is 4.33. The summed E-state index contributed by atoms with van der Waals surface area (Å²) in [4.78, 5) is 12.0. The van der Waals surface area contributed by atoms with Crippen molar-refractivity contribution in [3.05, 3.63) is 66.5 Å². The van der Waals surface area contributed by atoms with Gasteiger partial charge in [0.25, 0.3) is 0 Å². The summed E-state index contributed by atoms with van der Waals surface area (Å²) in [6.07, 6.45) is 0. The van der Waals surface area contributed by atoms with E-state index in [1.54, 1.807) is 24.3 Å². The van der Waals surface area contributed by atoms with Crippen LogP contribution in [0.4, 0.5) is 20.6 Å². The number of amides is 2. The van der Waals surface area contributed by atoms with Crippen LogP contribution < -0.4 is 15.4 Å². The van der Waals surface area contributed by atoms with Crippen LogP contribution in [-0.2, 0) is 0 Å². The Bertz CT molecular complexity index is 883. The molecule has 0 atom stereocenters. The highest BCUT2D eigenvalue weighted by molar-refractivity contribution is 5.99. The van der Waals surface area contributed by atoms with Crippen molar-refractivity contribution in [2.45, 2.75) is 6.92 Å². The van der Waals surface area contributed by atoms with Gasteiger partial charge in [0.1, 0.15) is 5.82 Å². The first-order valence-corrected chi connectivity index (χ1v) is 8.04. The minimum Gasteiger partial charge on any atom is -0.477 e. The molecule has 0 saturated heterocycles. The van der Waals surface area contributed by atoms with Gasteiger partial charge in [0.05, 0.1) is 12.3 Å². The average Bonchev–Trinajstić information content (AvgIpc) is 2.63. The van der Waals surface area contributed by atoms with Crippen LogP contribution in [0.25, 0.3) is 11.3 Å². The fourth-order valence-corrected chi connectivity index (χ4v) is 2.28. The van der Waals surface area contributed by atoms with Crippen molar-refractivity contribution in [3.8, 4) is 17.1 Å². The summed E-state index contributed by atoms with van der Waals surface area (Å²) in [5.74, 6) is 0.0622. The number of ether oxygens (including phenoxy) is 1. The Morgan fingerprint density at radius 1 is 1.00 bits per heavy atom. The van der Waals surface area contributed by atoms with Crippen molar-refractivity contribution in [3.63, 3.8) is 0 Å². The van der Waals surface area contributed by atoms with Crippen molar-refractivity contribution < 1.29 is 13.9 Å². The molecular weight excluding hydrogens is 335 g/mol. The van der Waals surface area contributed by atoms with Crippen molar-refractivity contribution >= 4 is 17.4 Å². The van der Waals surface area contributed by atoms with Crippen LogP contribution in [0, 0.1) is 5.82 Å². The van der Waals surface area contributed by atoms with E-state index in [4.69, 9.17) is 4.74 Å². The molecule has 0 aliphatic carbocycles. The Balaban J connectivity index is 1.62. The zero-order valence-electron chi connectivity index (χ0n) is 14.1. The summed E-state index contributed by atoms with van der Waals surface area (Å²) in [5, 5.41) is 13.4. The molecular formula is C19H17FN4O2. The maximum atomic E-state index is 13.1. The van der Waals surface area contributed by atoms with E-state index in [9.17, 15) is 9.18 Å². The lowest BCUT2D eigenvalue weighted by Crippen LogP contribution is -2.19. The second-order valence-electron chi connectivity index (χ2n) is 5.36. The highest BCUT2D eigenvalue weighted by Crippen LogP contribution is 2.20. The van der Waals surface area contributed by atoms with E-state index in [2.05, 4.69) is 20.8 Å². The molecule has 0 fully saturated rings. The van der Waals surface area contributed by atoms with E-state index < -0.39 is 11.8 Å². The topological polar surface area (TPSA) is 76.1 Å². The van der Waals surface area contributed by atoms with Gasteiger partial charge in [0, 0.05) is 23.0 Å². The summed E-state index contributed by atoms with van der Waals surface area (Å²) in [6.45, 7) is 2.41. The van der Waals surface area contributed by atoms with Crippen LogP contribution in [0.1, 0.15) is 6.92 Å². The largest absolute Gasteiger partial charge is 0.477 e. The van der Waals surface area contributed by atoms with Crippen LogP contribution >= 0.6 is 0 Å². The normalized spacial score (nSPS) is 10.2. The van der Waals surface area contributed by atoms with Gasteiger partial charge in [-0.1, -0.05) is 18.2 Å². The number of carbonyl (C=O) groups is 1. The molecule has 132 valence electrons. The second-order valence-corrected chi connectivity index (χ2v) is 5.36. The van der Waals surface area contributed by atoms with Gasteiger partial charge in [-0.05, 0) is 43.3 Å². The highest BCUT2D eigenvalue weighted by atomic mass is 19.1. The SMILES string of the molecule is CCOc1ccc(-c2ccc(NC(=O)Nc3cccc(F)c3)cc2)nn1. The molecule has 0 aliphatic rings. The molecule has 0 radical (unpaired) electrons. The minimum atomic E-state index is -0.454. The third kappa shape index (κ3) is 4.54. The molecule has 7 heteroatoms. The van der Waals surface area contributed by atoms with Crippen molar-refractivity contribution in [1.82, 2.24) is 10.2 Å². The van der Waals surface area contributed by atoms with Crippen LogP contribution in [0.15, 0.2) is 60.7 Å². The monoisotopic (exact) mass is 352 g/mol. The van der Waals surface area contributed by atoms with Gasteiger partial charge >= 0.3 is 6.03 Å². The van der Waals surface area contributed by atoms with Crippen LogP contribution in [0.5, 0.6) is 5.88 Å². The Labute approximate surface area is 150 Å². The maximum absolute atomic E-state index is 13.1. The van der Waals surface area contributed by atoms with E-state index in [-0.39, 0.29) is 0 Å². The number of rotatable bonds is 5. The van der Waals surface area contributed by atoms with Crippen molar-refractivity contribution in [1.29, 1.82) is 0 Å². The van der Waals surface area contributed by atoms with Crippen molar-refractivity contribution in [2.24, 2.45) is 0 Å². The lowest BCUT2D eigenvalue weighted by Gasteiger charge is -2.08. The standard InChI is InChI=1S/C19H17FN4O2/c1-2-26-18-11-10-17(23-24-18)13-6-8-15(9-7-13)21-19(25)22-16-5-3-4-14(20)12-16/h3-12H,2H2,1H3,(H2,21,22,25). The predicted molar refractivity (Wildman–Crippen MR) is 97.7 cm³/mol. The number of nitrogens with one attached hydrogen (secondary N) is 2. The Morgan fingerprint density at radius 2 is 1.77 bits per heavy atom. The smallest absolute Gasteiger partial charge is 0.323 e. The van der Waals surface area contributed by atoms with E-state index in [0.29, 0.717) is 29.6 Å². The zero-order valence-corrected chi connectivity index (χ0v) is 14.1. The van der Waals surface area contributed by atoms with Crippen LogP contribution in [0.3, 0.4) is 0 Å². The van der Waals surface area contributed by atoms with Gasteiger partial charge < -0.3 is 15.4 Å². The second kappa shape index (κ2) is 8.06. The fourth-order valence-electron chi connectivity index (χ4n) is 2.28. The number of nitrogens with zero attached hydrogens (tertiary/aromatic N) is 2. The summed E-state index contributed by atoms with van der Waals surface area (Å²) in [5.41, 5.74) is 2.53. The van der Waals surface area contributed by atoms with Crippen LogP contribution in [-0.4, -0.2) is 22.8 Å². The maximum Gasteiger partial charge on any atom is 0.323 e. The number of urea groups is 1. The number of carbonyl (C=O) groups excluding carboxylic acids is 1. The average molecular weight is 352 g/mol. The molecule has 3 aromatic rings. The summed E-state index contributed by atoms with van der Waals surface area (Å²) < 4.78 is 18.4. The van der Waals surface area contributed by atoms with Gasteiger partial charge in [0.15, 0.2) is 0 Å². The summed E-state index contributed by atoms with van der Waals surface area (Å²) in [7, 11) is 0. The molecule has 1 aromatic heterocycles. The first-order chi connectivity index (χ1) is 12.6. The summed E-state index contributed by atoms with van der Waals surface area (Å²) >= 11 is 0. The number of anilines is 2. The molecule has 2 N–H and O–H groups in total.